The molecule has 2 heteroatoms. The highest BCUT2D eigenvalue weighted by atomic mass is 16.3. The lowest BCUT2D eigenvalue weighted by molar-refractivity contribution is -0.249. The predicted molar refractivity (Wildman–Crippen MR) is 132 cm³/mol. The third kappa shape index (κ3) is 2.66. The number of allylic oxidation sites excluding steroid dienone is 1. The van der Waals surface area contributed by atoms with Gasteiger partial charge in [0.25, 0.3) is 0 Å². The Morgan fingerprint density at radius 3 is 2.19 bits per heavy atom. The maximum absolute atomic E-state index is 10.9. The van der Waals surface area contributed by atoms with Crippen LogP contribution in [0.5, 0.6) is 0 Å². The lowest BCUT2D eigenvalue weighted by atomic mass is 9.32. The molecule has 5 saturated carbocycles. The minimum absolute atomic E-state index is 0.0290. The molecule has 5 aliphatic carbocycles. The third-order valence-corrected chi connectivity index (χ3v) is 13.5. The highest BCUT2D eigenvalue weighted by Gasteiger charge is 2.70. The van der Waals surface area contributed by atoms with E-state index < -0.39 is 0 Å². The molecule has 0 amide bonds. The summed E-state index contributed by atoms with van der Waals surface area (Å²) in [6.07, 6.45) is 12.2. The predicted octanol–water partition coefficient (Wildman–Crippen LogP) is 7.00. The second-order valence-corrected chi connectivity index (χ2v) is 14.6. The molecule has 2 N–H and O–H groups in total. The van der Waals surface area contributed by atoms with Gasteiger partial charge in [0.1, 0.15) is 0 Å². The van der Waals surface area contributed by atoms with Crippen LogP contribution in [0.25, 0.3) is 0 Å². The summed E-state index contributed by atoms with van der Waals surface area (Å²) in [4.78, 5) is 0. The molecule has 5 aliphatic rings. The van der Waals surface area contributed by atoms with Crippen LogP contribution in [-0.4, -0.2) is 22.9 Å². The van der Waals surface area contributed by atoms with E-state index in [-0.39, 0.29) is 16.9 Å². The van der Waals surface area contributed by atoms with Gasteiger partial charge in [-0.05, 0) is 128 Å². The Labute approximate surface area is 197 Å². The van der Waals surface area contributed by atoms with Gasteiger partial charge in [-0.3, -0.25) is 0 Å². The number of hydrogen-bond donors (Lipinski definition) is 2. The van der Waals surface area contributed by atoms with Gasteiger partial charge in [0.2, 0.25) is 0 Å². The molecule has 0 aromatic carbocycles. The van der Waals surface area contributed by atoms with E-state index >= 15 is 0 Å². The van der Waals surface area contributed by atoms with Gasteiger partial charge in [-0.15, -0.1) is 0 Å². The molecule has 0 aliphatic heterocycles. The summed E-state index contributed by atoms with van der Waals surface area (Å²) in [6, 6.07) is 0. The Kier molecular flexibility index (Phi) is 5.19. The zero-order chi connectivity index (χ0) is 23.3. The molecule has 32 heavy (non-hydrogen) atoms. The summed E-state index contributed by atoms with van der Waals surface area (Å²) < 4.78 is 0. The lowest BCUT2D eigenvalue weighted by Gasteiger charge is -2.73. The van der Waals surface area contributed by atoms with E-state index in [1.54, 1.807) is 0 Å². The Bertz CT molecular complexity index is 786. The van der Waals surface area contributed by atoms with Crippen molar-refractivity contribution in [3.05, 3.63) is 12.2 Å². The first-order valence-electron chi connectivity index (χ1n) is 13.8. The van der Waals surface area contributed by atoms with Crippen LogP contribution < -0.4 is 0 Å². The van der Waals surface area contributed by atoms with E-state index in [1.807, 2.05) is 0 Å². The molecule has 10 atom stereocenters. The fourth-order valence-electron chi connectivity index (χ4n) is 11.5. The van der Waals surface area contributed by atoms with E-state index in [9.17, 15) is 10.2 Å². The smallest absolute Gasteiger partial charge is 0.0594 e. The summed E-state index contributed by atoms with van der Waals surface area (Å²) in [7, 11) is 0. The first-order valence-corrected chi connectivity index (χ1v) is 13.8. The highest BCUT2D eigenvalue weighted by Crippen LogP contribution is 2.77. The van der Waals surface area contributed by atoms with E-state index in [0.717, 1.165) is 18.3 Å². The van der Waals surface area contributed by atoms with Gasteiger partial charge in [0, 0.05) is 6.61 Å². The molecular weight excluding hydrogens is 392 g/mol. The number of aliphatic hydroxyl groups excluding tert-OH is 2. The van der Waals surface area contributed by atoms with Crippen molar-refractivity contribution in [3.8, 4) is 0 Å². The Morgan fingerprint density at radius 2 is 1.53 bits per heavy atom. The van der Waals surface area contributed by atoms with Gasteiger partial charge in [-0.2, -0.15) is 0 Å². The Hall–Kier alpha value is -0.340. The second kappa shape index (κ2) is 7.09. The van der Waals surface area contributed by atoms with Gasteiger partial charge >= 0.3 is 0 Å². The van der Waals surface area contributed by atoms with Crippen molar-refractivity contribution < 1.29 is 10.2 Å². The van der Waals surface area contributed by atoms with Gasteiger partial charge in [-0.1, -0.05) is 46.8 Å². The molecule has 2 nitrogen and oxygen atoms in total. The van der Waals surface area contributed by atoms with Crippen LogP contribution in [0.3, 0.4) is 0 Å². The minimum atomic E-state index is -0.147. The van der Waals surface area contributed by atoms with Crippen molar-refractivity contribution in [3.63, 3.8) is 0 Å². The number of aliphatic hydroxyl groups is 2. The first kappa shape index (κ1) is 23.4. The molecule has 0 heterocycles. The van der Waals surface area contributed by atoms with Crippen LogP contribution in [0.2, 0.25) is 0 Å². The summed E-state index contributed by atoms with van der Waals surface area (Å²) in [6.45, 7) is 19.7. The minimum Gasteiger partial charge on any atom is -0.396 e. The maximum atomic E-state index is 10.9. The van der Waals surface area contributed by atoms with Crippen LogP contribution in [0.1, 0.15) is 106 Å². The zero-order valence-electron chi connectivity index (χ0n) is 21.8. The fraction of sp³-hybridized carbons (Fsp3) is 0.933. The Balaban J connectivity index is 1.55. The molecule has 0 bridgehead atoms. The van der Waals surface area contributed by atoms with E-state index in [1.165, 1.54) is 63.4 Å². The monoisotopic (exact) mass is 442 g/mol. The van der Waals surface area contributed by atoms with E-state index in [2.05, 4.69) is 48.1 Å². The topological polar surface area (TPSA) is 40.5 Å². The molecular formula is C30H50O2. The normalized spacial score (nSPS) is 56.5. The molecule has 0 aromatic heterocycles. The summed E-state index contributed by atoms with van der Waals surface area (Å²) in [5, 5.41) is 21.5. The molecule has 0 radical (unpaired) electrons. The summed E-state index contributed by atoms with van der Waals surface area (Å²) in [5.74, 6) is 3.33. The van der Waals surface area contributed by atoms with Crippen molar-refractivity contribution in [1.29, 1.82) is 0 Å². The van der Waals surface area contributed by atoms with Crippen LogP contribution in [0.4, 0.5) is 0 Å². The average Bonchev–Trinajstić information content (AvgIpc) is 3.12. The lowest BCUT2D eigenvalue weighted by Crippen LogP contribution is -2.66. The van der Waals surface area contributed by atoms with Crippen molar-refractivity contribution in [2.45, 2.75) is 112 Å². The first-order chi connectivity index (χ1) is 14.9. The van der Waals surface area contributed by atoms with Crippen LogP contribution in [0, 0.1) is 56.7 Å². The molecule has 0 spiro atoms. The maximum Gasteiger partial charge on any atom is 0.0594 e. The molecule has 5 rings (SSSR count). The molecule has 182 valence electrons. The third-order valence-electron chi connectivity index (χ3n) is 13.5. The van der Waals surface area contributed by atoms with Gasteiger partial charge in [0.05, 0.1) is 6.10 Å². The van der Waals surface area contributed by atoms with Crippen molar-refractivity contribution >= 4 is 0 Å². The number of rotatable bonds is 2. The highest BCUT2D eigenvalue weighted by molar-refractivity contribution is 5.21. The van der Waals surface area contributed by atoms with Gasteiger partial charge in [0.15, 0.2) is 0 Å². The number of fused-ring (bicyclic) bond motifs is 7. The van der Waals surface area contributed by atoms with Gasteiger partial charge < -0.3 is 10.2 Å². The van der Waals surface area contributed by atoms with E-state index in [0.29, 0.717) is 40.6 Å². The summed E-state index contributed by atoms with van der Waals surface area (Å²) >= 11 is 0. The van der Waals surface area contributed by atoms with Crippen LogP contribution in [0.15, 0.2) is 12.2 Å². The fourth-order valence-corrected chi connectivity index (χ4v) is 11.5. The summed E-state index contributed by atoms with van der Waals surface area (Å²) in [5.41, 5.74) is 2.60. The SMILES string of the molecule is C=C(C)[C@@H]1CC[C@]2(CO)CC[C@]3(C)[C@H](CC[C@@H]4[C@@]5(C)CC[C@H](O)C(C)(C)C5CC[C@]43C)[C@@H]12. The van der Waals surface area contributed by atoms with Crippen molar-refractivity contribution in [1.82, 2.24) is 0 Å². The molecule has 5 fully saturated rings. The zero-order valence-corrected chi connectivity index (χ0v) is 21.8. The van der Waals surface area contributed by atoms with Crippen LogP contribution in [-0.2, 0) is 0 Å². The van der Waals surface area contributed by atoms with E-state index in [4.69, 9.17) is 0 Å². The van der Waals surface area contributed by atoms with Gasteiger partial charge in [-0.25, -0.2) is 0 Å². The molecule has 1 unspecified atom stereocenters. The molecule has 0 saturated heterocycles. The number of hydrogen-bond acceptors (Lipinski definition) is 2. The second-order valence-electron chi connectivity index (χ2n) is 14.6. The van der Waals surface area contributed by atoms with Crippen molar-refractivity contribution in [2.24, 2.45) is 56.7 Å². The average molecular weight is 443 g/mol. The largest absolute Gasteiger partial charge is 0.396 e. The van der Waals surface area contributed by atoms with Crippen molar-refractivity contribution in [2.75, 3.05) is 6.61 Å². The Morgan fingerprint density at radius 1 is 0.812 bits per heavy atom. The van der Waals surface area contributed by atoms with Crippen LogP contribution >= 0.6 is 0 Å². The quantitative estimate of drug-likeness (QED) is 0.452. The standard InChI is InChI=1S/C30H50O2/c1-19(2)20-10-15-30(18-31)17-16-28(6)21(25(20)30)8-9-23-27(5)13-12-24(32)26(3,4)22(27)11-14-29(23,28)7/h20-25,31-32H,1,8-18H2,2-7H3/t20-,21+,22?,23+,24-,25+,27-,28+,29+,30+/m0/s1. The molecule has 0 aromatic rings.